The number of pyridine rings is 1. The number of rotatable bonds is 6. The zero-order valence-corrected chi connectivity index (χ0v) is 30.9. The van der Waals surface area contributed by atoms with Crippen molar-refractivity contribution in [2.24, 2.45) is 0 Å². The lowest BCUT2D eigenvalue weighted by atomic mass is 9.95. The highest BCUT2D eigenvalue weighted by molar-refractivity contribution is 6.24. The maximum atomic E-state index is 5.49. The van der Waals surface area contributed by atoms with Crippen LogP contribution in [0.25, 0.3) is 105 Å². The Balaban J connectivity index is 1.15. The molecule has 0 aliphatic rings. The Kier molecular flexibility index (Phi) is 7.78. The van der Waals surface area contributed by atoms with Crippen LogP contribution < -0.4 is 0 Å². The van der Waals surface area contributed by atoms with Crippen molar-refractivity contribution >= 4 is 43.5 Å². The van der Waals surface area contributed by atoms with E-state index >= 15 is 0 Å². The highest BCUT2D eigenvalue weighted by Gasteiger charge is 2.23. The van der Waals surface area contributed by atoms with E-state index in [0.29, 0.717) is 5.82 Å². The number of benzene rings is 8. The van der Waals surface area contributed by atoms with Crippen molar-refractivity contribution in [1.82, 2.24) is 19.5 Å². The fraction of sp³-hybridized carbons (Fsp3) is 0. The number of hydrogen-bond donors (Lipinski definition) is 0. The van der Waals surface area contributed by atoms with Gasteiger partial charge in [-0.05, 0) is 58.3 Å². The first-order chi connectivity index (χ1) is 28.3. The minimum absolute atomic E-state index is 0.677. The van der Waals surface area contributed by atoms with Gasteiger partial charge >= 0.3 is 0 Å². The number of fused-ring (bicyclic) bond motifs is 6. The molecule has 0 aliphatic heterocycles. The number of para-hydroxylation sites is 3. The molecule has 8 aromatic carbocycles. The first-order valence-electron chi connectivity index (χ1n) is 19.3. The molecule has 0 fully saturated rings. The van der Waals surface area contributed by atoms with Gasteiger partial charge in [-0.25, -0.2) is 15.0 Å². The second kappa shape index (κ2) is 13.6. The Hall–Kier alpha value is -7.69. The Morgan fingerprint density at radius 2 is 0.842 bits per heavy atom. The molecule has 0 N–H and O–H groups in total. The van der Waals surface area contributed by atoms with Crippen LogP contribution in [0.15, 0.2) is 206 Å². The minimum Gasteiger partial charge on any atom is -0.307 e. The summed E-state index contributed by atoms with van der Waals surface area (Å²) >= 11 is 0. The Bertz CT molecular complexity index is 3260. The number of nitrogens with zero attached hydrogens (tertiary/aromatic N) is 4. The third kappa shape index (κ3) is 5.58. The van der Waals surface area contributed by atoms with Gasteiger partial charge in [-0.15, -0.1) is 0 Å². The molecule has 266 valence electrons. The molecular formula is C53H34N4. The van der Waals surface area contributed by atoms with Crippen molar-refractivity contribution in [2.75, 3.05) is 0 Å². The Morgan fingerprint density at radius 1 is 0.351 bits per heavy atom. The van der Waals surface area contributed by atoms with Gasteiger partial charge in [-0.3, -0.25) is 0 Å². The van der Waals surface area contributed by atoms with Gasteiger partial charge in [0.05, 0.1) is 33.6 Å². The van der Waals surface area contributed by atoms with Crippen LogP contribution in [-0.4, -0.2) is 19.5 Å². The molecule has 0 radical (unpaired) electrons. The molecule has 4 heteroatoms. The van der Waals surface area contributed by atoms with Gasteiger partial charge < -0.3 is 4.57 Å². The summed E-state index contributed by atoms with van der Waals surface area (Å²) in [5.74, 6) is 0.677. The third-order valence-corrected chi connectivity index (χ3v) is 11.0. The molecule has 0 saturated heterocycles. The normalized spacial score (nSPS) is 11.5. The van der Waals surface area contributed by atoms with Gasteiger partial charge in [0.1, 0.15) is 0 Å². The van der Waals surface area contributed by atoms with Crippen molar-refractivity contribution in [2.45, 2.75) is 0 Å². The van der Waals surface area contributed by atoms with Crippen molar-refractivity contribution < 1.29 is 0 Å². The highest BCUT2D eigenvalue weighted by atomic mass is 15.0. The molecule has 0 bridgehead atoms. The highest BCUT2D eigenvalue weighted by Crippen LogP contribution is 2.44. The van der Waals surface area contributed by atoms with E-state index in [9.17, 15) is 0 Å². The minimum atomic E-state index is 0.677. The summed E-state index contributed by atoms with van der Waals surface area (Å²) in [6.07, 6.45) is 0. The van der Waals surface area contributed by atoms with Crippen LogP contribution in [0.2, 0.25) is 0 Å². The lowest BCUT2D eigenvalue weighted by Crippen LogP contribution is -1.99. The number of hydrogen-bond acceptors (Lipinski definition) is 3. The monoisotopic (exact) mass is 726 g/mol. The predicted octanol–water partition coefficient (Wildman–Crippen LogP) is 13.6. The molecule has 3 heterocycles. The van der Waals surface area contributed by atoms with E-state index < -0.39 is 0 Å². The van der Waals surface area contributed by atoms with Crippen LogP contribution in [0, 0.1) is 0 Å². The summed E-state index contributed by atoms with van der Waals surface area (Å²) in [5.41, 5.74) is 13.4. The molecule has 0 unspecified atom stereocenters. The van der Waals surface area contributed by atoms with Gasteiger partial charge in [0.15, 0.2) is 5.82 Å². The van der Waals surface area contributed by atoms with Crippen molar-refractivity contribution in [3.63, 3.8) is 0 Å². The molecule has 4 nitrogen and oxygen atoms in total. The van der Waals surface area contributed by atoms with Crippen LogP contribution in [0.3, 0.4) is 0 Å². The predicted molar refractivity (Wildman–Crippen MR) is 236 cm³/mol. The van der Waals surface area contributed by atoms with E-state index in [-0.39, 0.29) is 0 Å². The first-order valence-corrected chi connectivity index (χ1v) is 19.3. The smallest absolute Gasteiger partial charge is 0.161 e. The first kappa shape index (κ1) is 32.7. The number of aromatic nitrogens is 4. The molecule has 11 rings (SSSR count). The standard InChI is InChI=1S/C53H34N4/c1-4-16-35(17-5-1)36-28-30-38(31-29-36)48-34-47(37-18-6-2-7-19-37)55-53(56-48)43-33-32-42(40-22-10-11-23-41(40)43)51-52-50(44-24-12-14-26-46(44)54-51)45-25-13-15-27-49(45)57(52)39-20-8-3-9-21-39/h1-34H. The largest absolute Gasteiger partial charge is 0.307 e. The van der Waals surface area contributed by atoms with Gasteiger partial charge in [-0.1, -0.05) is 170 Å². The Labute approximate surface area is 330 Å². The van der Waals surface area contributed by atoms with E-state index in [0.717, 1.165) is 77.7 Å². The van der Waals surface area contributed by atoms with Crippen molar-refractivity contribution in [3.05, 3.63) is 206 Å². The van der Waals surface area contributed by atoms with Crippen LogP contribution in [0.4, 0.5) is 0 Å². The van der Waals surface area contributed by atoms with Crippen molar-refractivity contribution in [1.29, 1.82) is 0 Å². The maximum Gasteiger partial charge on any atom is 0.161 e. The summed E-state index contributed by atoms with van der Waals surface area (Å²) in [5, 5.41) is 5.69. The van der Waals surface area contributed by atoms with Crippen LogP contribution >= 0.6 is 0 Å². The topological polar surface area (TPSA) is 43.6 Å². The zero-order chi connectivity index (χ0) is 37.7. The molecule has 11 aromatic rings. The van der Waals surface area contributed by atoms with Gasteiger partial charge in [-0.2, -0.15) is 0 Å². The second-order valence-corrected chi connectivity index (χ2v) is 14.4. The molecule has 0 spiro atoms. The lowest BCUT2D eigenvalue weighted by molar-refractivity contribution is 1.17. The van der Waals surface area contributed by atoms with E-state index in [1.165, 1.54) is 21.9 Å². The average molecular weight is 727 g/mol. The fourth-order valence-corrected chi connectivity index (χ4v) is 8.36. The van der Waals surface area contributed by atoms with Gasteiger partial charge in [0.2, 0.25) is 0 Å². The summed E-state index contributed by atoms with van der Waals surface area (Å²) in [6.45, 7) is 0. The quantitative estimate of drug-likeness (QED) is 0.171. The summed E-state index contributed by atoms with van der Waals surface area (Å²) in [6, 6.07) is 72.4. The second-order valence-electron chi connectivity index (χ2n) is 14.4. The average Bonchev–Trinajstić information content (AvgIpc) is 3.65. The van der Waals surface area contributed by atoms with E-state index in [2.05, 4.69) is 199 Å². The molecule has 0 aliphatic carbocycles. The molecular weight excluding hydrogens is 693 g/mol. The fourth-order valence-electron chi connectivity index (χ4n) is 8.36. The van der Waals surface area contributed by atoms with Crippen LogP contribution in [0.5, 0.6) is 0 Å². The third-order valence-electron chi connectivity index (χ3n) is 11.0. The SMILES string of the molecule is c1ccc(-c2ccc(-c3cc(-c4ccccc4)nc(-c4ccc(-c5nc6ccccc6c6c7ccccc7n(-c7ccccc7)c56)c5ccccc45)n3)cc2)cc1. The van der Waals surface area contributed by atoms with Crippen molar-refractivity contribution in [3.8, 4) is 62.0 Å². The molecule has 3 aromatic heterocycles. The lowest BCUT2D eigenvalue weighted by Gasteiger charge is -2.16. The van der Waals surface area contributed by atoms with Crippen LogP contribution in [0.1, 0.15) is 0 Å². The summed E-state index contributed by atoms with van der Waals surface area (Å²) in [7, 11) is 0. The van der Waals surface area contributed by atoms with E-state index in [4.69, 9.17) is 15.0 Å². The molecule has 0 amide bonds. The summed E-state index contributed by atoms with van der Waals surface area (Å²) in [4.78, 5) is 16.0. The van der Waals surface area contributed by atoms with E-state index in [1.54, 1.807) is 0 Å². The van der Waals surface area contributed by atoms with Crippen LogP contribution in [-0.2, 0) is 0 Å². The maximum absolute atomic E-state index is 5.49. The van der Waals surface area contributed by atoms with E-state index in [1.807, 2.05) is 12.1 Å². The Morgan fingerprint density at radius 3 is 1.54 bits per heavy atom. The molecule has 0 atom stereocenters. The zero-order valence-electron chi connectivity index (χ0n) is 30.9. The van der Waals surface area contributed by atoms with Gasteiger partial charge in [0, 0.05) is 44.1 Å². The van der Waals surface area contributed by atoms with Gasteiger partial charge in [0.25, 0.3) is 0 Å². The molecule has 57 heavy (non-hydrogen) atoms. The molecule has 0 saturated carbocycles. The summed E-state index contributed by atoms with van der Waals surface area (Å²) < 4.78 is 2.38.